The zero-order valence-corrected chi connectivity index (χ0v) is 10.8. The van der Waals surface area contributed by atoms with Gasteiger partial charge in [-0.2, -0.15) is 0 Å². The zero-order valence-electron chi connectivity index (χ0n) is 9.26. The molecule has 1 rings (SSSR count). The number of hydrogen-bond donors (Lipinski definition) is 1. The number of hydrogen-bond acceptors (Lipinski definition) is 2. The second-order valence-electron chi connectivity index (χ2n) is 4.43. The second-order valence-corrected chi connectivity index (χ2v) is 5.86. The van der Waals surface area contributed by atoms with Crippen molar-refractivity contribution in [1.82, 2.24) is 5.32 Å². The summed E-state index contributed by atoms with van der Waals surface area (Å²) in [6.07, 6.45) is 0. The molecule has 1 heterocycles. The van der Waals surface area contributed by atoms with E-state index in [1.54, 1.807) is 11.3 Å². The van der Waals surface area contributed by atoms with Crippen molar-refractivity contribution in [3.63, 3.8) is 0 Å². The maximum atomic E-state index is 11.0. The predicted octanol–water partition coefficient (Wildman–Crippen LogP) is 2.90. The summed E-state index contributed by atoms with van der Waals surface area (Å²) in [6.45, 7) is 7.12. The van der Waals surface area contributed by atoms with Crippen LogP contribution < -0.4 is 5.32 Å². The van der Waals surface area contributed by atoms with Crippen LogP contribution in [0.3, 0.4) is 0 Å². The standard InChI is InChI=1S/C11H16ClNOS/c1-11(2,3)9-5-4-8(15-9)7-13-10(14)6-12/h4-5H,6-7H2,1-3H3,(H,13,14). The van der Waals surface area contributed by atoms with Crippen molar-refractivity contribution in [2.45, 2.75) is 32.7 Å². The van der Waals surface area contributed by atoms with Crippen LogP contribution in [0.1, 0.15) is 30.5 Å². The van der Waals surface area contributed by atoms with E-state index in [-0.39, 0.29) is 17.2 Å². The fourth-order valence-corrected chi connectivity index (χ4v) is 2.21. The van der Waals surface area contributed by atoms with E-state index in [0.29, 0.717) is 6.54 Å². The largest absolute Gasteiger partial charge is 0.350 e. The highest BCUT2D eigenvalue weighted by molar-refractivity contribution is 7.12. The van der Waals surface area contributed by atoms with E-state index in [4.69, 9.17) is 11.6 Å². The molecule has 0 radical (unpaired) electrons. The Kier molecular flexibility index (Phi) is 4.17. The van der Waals surface area contributed by atoms with Crippen molar-refractivity contribution >= 4 is 28.8 Å². The number of thiophene rings is 1. The molecule has 1 N–H and O–H groups in total. The summed E-state index contributed by atoms with van der Waals surface area (Å²) in [7, 11) is 0. The molecule has 1 aromatic rings. The van der Waals surface area contributed by atoms with Gasteiger partial charge in [-0.05, 0) is 17.5 Å². The lowest BCUT2D eigenvalue weighted by molar-refractivity contribution is -0.118. The highest BCUT2D eigenvalue weighted by Crippen LogP contribution is 2.29. The summed E-state index contributed by atoms with van der Waals surface area (Å²) in [4.78, 5) is 13.4. The van der Waals surface area contributed by atoms with Crippen molar-refractivity contribution in [2.75, 3.05) is 5.88 Å². The third kappa shape index (κ3) is 3.84. The molecule has 0 aromatic carbocycles. The third-order valence-electron chi connectivity index (χ3n) is 1.98. The van der Waals surface area contributed by atoms with Gasteiger partial charge in [0.05, 0.1) is 6.54 Å². The van der Waals surface area contributed by atoms with Crippen molar-refractivity contribution in [3.05, 3.63) is 21.9 Å². The van der Waals surface area contributed by atoms with Crippen molar-refractivity contribution in [1.29, 1.82) is 0 Å². The monoisotopic (exact) mass is 245 g/mol. The maximum absolute atomic E-state index is 11.0. The van der Waals surface area contributed by atoms with Crippen LogP contribution in [-0.2, 0) is 16.8 Å². The average molecular weight is 246 g/mol. The minimum absolute atomic E-state index is 0.0253. The van der Waals surface area contributed by atoms with Crippen LogP contribution in [0.2, 0.25) is 0 Å². The van der Waals surface area contributed by atoms with E-state index < -0.39 is 0 Å². The molecule has 2 nitrogen and oxygen atoms in total. The smallest absolute Gasteiger partial charge is 0.235 e. The molecule has 0 aliphatic carbocycles. The Hall–Kier alpha value is -0.540. The minimum Gasteiger partial charge on any atom is -0.350 e. The summed E-state index contributed by atoms with van der Waals surface area (Å²) >= 11 is 7.12. The van der Waals surface area contributed by atoms with E-state index in [2.05, 4.69) is 38.2 Å². The van der Waals surface area contributed by atoms with Crippen LogP contribution in [0.4, 0.5) is 0 Å². The molecule has 84 valence electrons. The van der Waals surface area contributed by atoms with Gasteiger partial charge in [-0.25, -0.2) is 0 Å². The van der Waals surface area contributed by atoms with E-state index in [1.807, 2.05) is 0 Å². The van der Waals surface area contributed by atoms with Crippen LogP contribution in [-0.4, -0.2) is 11.8 Å². The highest BCUT2D eigenvalue weighted by atomic mass is 35.5. The van der Waals surface area contributed by atoms with Gasteiger partial charge < -0.3 is 5.32 Å². The molecule has 0 saturated heterocycles. The lowest BCUT2D eigenvalue weighted by atomic mass is 9.95. The molecule has 0 fully saturated rings. The van der Waals surface area contributed by atoms with E-state index in [0.717, 1.165) is 0 Å². The number of rotatable bonds is 3. The van der Waals surface area contributed by atoms with Gasteiger partial charge in [0.2, 0.25) is 5.91 Å². The molecule has 4 heteroatoms. The Labute approximate surface area is 99.6 Å². The molecule has 0 aliphatic rings. The van der Waals surface area contributed by atoms with Gasteiger partial charge in [-0.15, -0.1) is 22.9 Å². The van der Waals surface area contributed by atoms with Gasteiger partial charge in [0.25, 0.3) is 0 Å². The predicted molar refractivity (Wildman–Crippen MR) is 65.6 cm³/mol. The van der Waals surface area contributed by atoms with Gasteiger partial charge in [0.15, 0.2) is 0 Å². The molecule has 15 heavy (non-hydrogen) atoms. The number of halogens is 1. The molecule has 0 aliphatic heterocycles. The van der Waals surface area contributed by atoms with Crippen molar-refractivity contribution in [3.8, 4) is 0 Å². The molecule has 0 unspecified atom stereocenters. The molecular weight excluding hydrogens is 230 g/mol. The SMILES string of the molecule is CC(C)(C)c1ccc(CNC(=O)CCl)s1. The highest BCUT2D eigenvalue weighted by Gasteiger charge is 2.15. The van der Waals surface area contributed by atoms with Crippen LogP contribution in [0.5, 0.6) is 0 Å². The molecule has 1 aromatic heterocycles. The normalized spacial score (nSPS) is 11.5. The van der Waals surface area contributed by atoms with Crippen molar-refractivity contribution < 1.29 is 4.79 Å². The minimum atomic E-state index is -0.123. The van der Waals surface area contributed by atoms with Crippen LogP contribution in [0, 0.1) is 0 Å². The Morgan fingerprint density at radius 1 is 1.47 bits per heavy atom. The van der Waals surface area contributed by atoms with Crippen LogP contribution in [0.25, 0.3) is 0 Å². The van der Waals surface area contributed by atoms with Gasteiger partial charge in [-0.1, -0.05) is 20.8 Å². The number of carbonyl (C=O) groups is 1. The van der Waals surface area contributed by atoms with Crippen molar-refractivity contribution in [2.24, 2.45) is 0 Å². The maximum Gasteiger partial charge on any atom is 0.235 e. The number of amides is 1. The van der Waals surface area contributed by atoms with Gasteiger partial charge in [-0.3, -0.25) is 4.79 Å². The second kappa shape index (κ2) is 4.99. The summed E-state index contributed by atoms with van der Waals surface area (Å²) in [5.41, 5.74) is 0.180. The molecule has 0 atom stereocenters. The Balaban J connectivity index is 2.58. The Morgan fingerprint density at radius 2 is 2.13 bits per heavy atom. The fourth-order valence-electron chi connectivity index (χ4n) is 1.11. The first-order chi connectivity index (χ1) is 6.93. The van der Waals surface area contributed by atoms with E-state index >= 15 is 0 Å². The molecule has 1 amide bonds. The lowest BCUT2D eigenvalue weighted by Gasteiger charge is -2.15. The van der Waals surface area contributed by atoms with Gasteiger partial charge in [0.1, 0.15) is 5.88 Å². The first-order valence-corrected chi connectivity index (χ1v) is 6.20. The summed E-state index contributed by atoms with van der Waals surface area (Å²) in [5, 5.41) is 2.75. The van der Waals surface area contributed by atoms with E-state index in [9.17, 15) is 4.79 Å². The fraction of sp³-hybridized carbons (Fsp3) is 0.545. The average Bonchev–Trinajstić information content (AvgIpc) is 2.61. The molecule has 0 saturated carbocycles. The first kappa shape index (κ1) is 12.5. The molecule has 0 spiro atoms. The summed E-state index contributed by atoms with van der Waals surface area (Å²) in [6, 6.07) is 4.17. The molecular formula is C11H16ClNOS. The first-order valence-electron chi connectivity index (χ1n) is 4.85. The third-order valence-corrected chi connectivity index (χ3v) is 3.74. The zero-order chi connectivity index (χ0) is 11.5. The number of carbonyl (C=O) groups excluding carboxylic acids is 1. The number of nitrogens with one attached hydrogen (secondary N) is 1. The summed E-state index contributed by atoms with van der Waals surface area (Å²) in [5.74, 6) is -0.0975. The lowest BCUT2D eigenvalue weighted by Crippen LogP contribution is -2.23. The van der Waals surface area contributed by atoms with Gasteiger partial charge in [0, 0.05) is 9.75 Å². The summed E-state index contributed by atoms with van der Waals surface area (Å²) < 4.78 is 0. The van der Waals surface area contributed by atoms with E-state index in [1.165, 1.54) is 9.75 Å². The number of alkyl halides is 1. The Bertz CT molecular complexity index is 341. The molecule has 0 bridgehead atoms. The van der Waals surface area contributed by atoms with Crippen LogP contribution >= 0.6 is 22.9 Å². The topological polar surface area (TPSA) is 29.1 Å². The van der Waals surface area contributed by atoms with Crippen LogP contribution in [0.15, 0.2) is 12.1 Å². The quantitative estimate of drug-likeness (QED) is 0.816. The van der Waals surface area contributed by atoms with Gasteiger partial charge >= 0.3 is 0 Å². The Morgan fingerprint density at radius 3 is 2.60 bits per heavy atom.